The second-order valence-corrected chi connectivity index (χ2v) is 6.29. The van der Waals surface area contributed by atoms with Crippen molar-refractivity contribution < 1.29 is 4.57 Å². The summed E-state index contributed by atoms with van der Waals surface area (Å²) in [5.74, 6) is 0. The van der Waals surface area contributed by atoms with Gasteiger partial charge in [-0.1, -0.05) is 36.8 Å². The summed E-state index contributed by atoms with van der Waals surface area (Å²) in [6.07, 6.45) is 1.07. The van der Waals surface area contributed by atoms with E-state index in [1.165, 1.54) is 44.4 Å². The van der Waals surface area contributed by atoms with Crippen molar-refractivity contribution >= 4 is 10.8 Å². The molecule has 112 valence electrons. The molecule has 0 N–H and O–H groups in total. The molecular weight excluding hydrogens is 266 g/mol. The third kappa shape index (κ3) is 2.41. The standard InChI is InChI=1S/C21H24N/c1-6-17-9-8-15(3)19(13-17)21-20-11-14(2)7-10-18(20)12-16(4)22(21)5/h7-13H,6H2,1-5H3/q+1. The number of benzene rings is 2. The van der Waals surface area contributed by atoms with E-state index < -0.39 is 0 Å². The molecule has 0 amide bonds. The van der Waals surface area contributed by atoms with Gasteiger partial charge in [-0.2, -0.15) is 4.57 Å². The highest BCUT2D eigenvalue weighted by Gasteiger charge is 2.19. The maximum atomic E-state index is 2.35. The SMILES string of the molecule is CCc1ccc(C)c(-c2c3cc(C)ccc3cc(C)[n+]2C)c1. The van der Waals surface area contributed by atoms with Gasteiger partial charge in [-0.05, 0) is 48.9 Å². The van der Waals surface area contributed by atoms with Gasteiger partial charge in [0.15, 0.2) is 5.69 Å². The number of fused-ring (bicyclic) bond motifs is 1. The fourth-order valence-corrected chi connectivity index (χ4v) is 3.15. The van der Waals surface area contributed by atoms with Crippen LogP contribution >= 0.6 is 0 Å². The molecule has 1 aromatic heterocycles. The predicted molar refractivity (Wildman–Crippen MR) is 94.1 cm³/mol. The molecule has 1 heteroatoms. The van der Waals surface area contributed by atoms with E-state index in [-0.39, 0.29) is 0 Å². The fourth-order valence-electron chi connectivity index (χ4n) is 3.15. The molecule has 0 saturated heterocycles. The lowest BCUT2D eigenvalue weighted by atomic mass is 9.95. The van der Waals surface area contributed by atoms with E-state index in [0.29, 0.717) is 0 Å². The number of nitrogens with zero attached hydrogens (tertiary/aromatic N) is 1. The molecule has 0 aliphatic heterocycles. The molecule has 0 fully saturated rings. The quantitative estimate of drug-likeness (QED) is 0.596. The lowest BCUT2D eigenvalue weighted by Crippen LogP contribution is -2.35. The minimum Gasteiger partial charge on any atom is -0.198 e. The van der Waals surface area contributed by atoms with Crippen LogP contribution in [0, 0.1) is 20.8 Å². The first-order chi connectivity index (χ1) is 10.5. The molecule has 2 aromatic carbocycles. The van der Waals surface area contributed by atoms with Crippen molar-refractivity contribution in [1.29, 1.82) is 0 Å². The Balaban J connectivity index is 2.43. The van der Waals surface area contributed by atoms with Gasteiger partial charge in [-0.25, -0.2) is 0 Å². The van der Waals surface area contributed by atoms with E-state index in [0.717, 1.165) is 6.42 Å². The van der Waals surface area contributed by atoms with E-state index in [2.05, 4.69) is 81.8 Å². The molecule has 22 heavy (non-hydrogen) atoms. The Bertz CT molecular complexity index is 859. The van der Waals surface area contributed by atoms with Crippen molar-refractivity contribution in [2.24, 2.45) is 7.05 Å². The molecular formula is C21H24N+. The van der Waals surface area contributed by atoms with Crippen molar-refractivity contribution in [2.45, 2.75) is 34.1 Å². The molecule has 0 spiro atoms. The molecule has 0 aliphatic rings. The fraction of sp³-hybridized carbons (Fsp3) is 0.286. The molecule has 3 rings (SSSR count). The van der Waals surface area contributed by atoms with Crippen LogP contribution in [-0.4, -0.2) is 0 Å². The maximum absolute atomic E-state index is 2.35. The summed E-state index contributed by atoms with van der Waals surface area (Å²) in [4.78, 5) is 0. The summed E-state index contributed by atoms with van der Waals surface area (Å²) in [7, 11) is 2.17. The molecule has 3 aromatic rings. The van der Waals surface area contributed by atoms with Crippen LogP contribution < -0.4 is 4.57 Å². The molecule has 0 bridgehead atoms. The lowest BCUT2D eigenvalue weighted by Gasteiger charge is -2.11. The number of hydrogen-bond donors (Lipinski definition) is 0. The first-order valence-corrected chi connectivity index (χ1v) is 8.01. The van der Waals surface area contributed by atoms with Crippen LogP contribution in [0.2, 0.25) is 0 Å². The molecule has 0 atom stereocenters. The van der Waals surface area contributed by atoms with Gasteiger partial charge in [0, 0.05) is 18.6 Å². The van der Waals surface area contributed by atoms with Crippen LogP contribution in [0.25, 0.3) is 22.0 Å². The van der Waals surface area contributed by atoms with Crippen LogP contribution in [0.5, 0.6) is 0 Å². The van der Waals surface area contributed by atoms with Crippen molar-refractivity contribution in [2.75, 3.05) is 0 Å². The zero-order valence-electron chi connectivity index (χ0n) is 14.2. The van der Waals surface area contributed by atoms with Gasteiger partial charge in [0.2, 0.25) is 5.69 Å². The summed E-state index contributed by atoms with van der Waals surface area (Å²) in [5, 5.41) is 2.65. The van der Waals surface area contributed by atoms with E-state index in [4.69, 9.17) is 0 Å². The Hall–Kier alpha value is -2.15. The molecule has 1 heterocycles. The number of pyridine rings is 1. The van der Waals surface area contributed by atoms with E-state index >= 15 is 0 Å². The zero-order valence-corrected chi connectivity index (χ0v) is 14.2. The smallest absolute Gasteiger partial charge is 0.198 e. The van der Waals surface area contributed by atoms with Gasteiger partial charge < -0.3 is 0 Å². The predicted octanol–water partition coefficient (Wildman–Crippen LogP) is 4.82. The second-order valence-electron chi connectivity index (χ2n) is 6.29. The summed E-state index contributed by atoms with van der Waals surface area (Å²) < 4.78 is 2.32. The maximum Gasteiger partial charge on any atom is 0.220 e. The Morgan fingerprint density at radius 1 is 0.909 bits per heavy atom. The topological polar surface area (TPSA) is 3.88 Å². The van der Waals surface area contributed by atoms with Crippen LogP contribution in [0.15, 0.2) is 42.5 Å². The number of rotatable bonds is 2. The highest BCUT2D eigenvalue weighted by molar-refractivity contribution is 5.94. The van der Waals surface area contributed by atoms with Gasteiger partial charge in [-0.15, -0.1) is 0 Å². The highest BCUT2D eigenvalue weighted by atomic mass is 14.9. The molecule has 0 saturated carbocycles. The average Bonchev–Trinajstić information content (AvgIpc) is 2.50. The Kier molecular flexibility index (Phi) is 3.74. The summed E-state index contributed by atoms with van der Waals surface area (Å²) in [6, 6.07) is 15.9. The van der Waals surface area contributed by atoms with Gasteiger partial charge in [0.05, 0.1) is 5.39 Å². The van der Waals surface area contributed by atoms with E-state index in [1.54, 1.807) is 0 Å². The Morgan fingerprint density at radius 3 is 2.41 bits per heavy atom. The number of hydrogen-bond acceptors (Lipinski definition) is 0. The minimum atomic E-state index is 1.07. The first kappa shape index (κ1) is 14.8. The molecule has 0 aliphatic carbocycles. The van der Waals surface area contributed by atoms with Crippen LogP contribution in [0.4, 0.5) is 0 Å². The van der Waals surface area contributed by atoms with Crippen LogP contribution in [-0.2, 0) is 13.5 Å². The van der Waals surface area contributed by atoms with Crippen LogP contribution in [0.1, 0.15) is 29.3 Å². The molecule has 1 nitrogen and oxygen atoms in total. The van der Waals surface area contributed by atoms with Crippen molar-refractivity contribution in [3.05, 3.63) is 64.8 Å². The lowest BCUT2D eigenvalue weighted by molar-refractivity contribution is -0.665. The zero-order chi connectivity index (χ0) is 15.9. The van der Waals surface area contributed by atoms with Gasteiger partial charge in [-0.3, -0.25) is 0 Å². The van der Waals surface area contributed by atoms with Gasteiger partial charge >= 0.3 is 0 Å². The monoisotopic (exact) mass is 290 g/mol. The second kappa shape index (κ2) is 5.57. The largest absolute Gasteiger partial charge is 0.220 e. The van der Waals surface area contributed by atoms with Crippen molar-refractivity contribution in [1.82, 2.24) is 0 Å². The summed E-state index contributed by atoms with van der Waals surface area (Å²) in [5.41, 5.74) is 7.99. The van der Waals surface area contributed by atoms with Gasteiger partial charge in [0.25, 0.3) is 0 Å². The van der Waals surface area contributed by atoms with E-state index in [9.17, 15) is 0 Å². The molecule has 0 unspecified atom stereocenters. The van der Waals surface area contributed by atoms with Crippen LogP contribution in [0.3, 0.4) is 0 Å². The highest BCUT2D eigenvalue weighted by Crippen LogP contribution is 2.30. The third-order valence-electron chi connectivity index (χ3n) is 4.66. The Morgan fingerprint density at radius 2 is 1.68 bits per heavy atom. The van der Waals surface area contributed by atoms with Crippen molar-refractivity contribution in [3.8, 4) is 11.3 Å². The minimum absolute atomic E-state index is 1.07. The number of aromatic nitrogens is 1. The Labute approximate surface area is 133 Å². The third-order valence-corrected chi connectivity index (χ3v) is 4.66. The van der Waals surface area contributed by atoms with Crippen molar-refractivity contribution in [3.63, 3.8) is 0 Å². The normalized spacial score (nSPS) is 11.1. The summed E-state index contributed by atoms with van der Waals surface area (Å²) >= 11 is 0. The van der Waals surface area contributed by atoms with Gasteiger partial charge in [0.1, 0.15) is 7.05 Å². The first-order valence-electron chi connectivity index (χ1n) is 8.01. The summed E-state index contributed by atoms with van der Waals surface area (Å²) in [6.45, 7) is 8.77. The number of aryl methyl sites for hydroxylation is 4. The van der Waals surface area contributed by atoms with E-state index in [1.807, 2.05) is 0 Å². The average molecular weight is 290 g/mol. The molecule has 0 radical (unpaired) electrons.